The molecule has 1 rings (SSSR count). The van der Waals surface area contributed by atoms with Gasteiger partial charge in [-0.05, 0) is 19.3 Å². The average Bonchev–Trinajstić information content (AvgIpc) is 2.07. The number of amides is 1. The van der Waals surface area contributed by atoms with Gasteiger partial charge in [-0.3, -0.25) is 4.79 Å². The largest absolute Gasteiger partial charge is 0.389 e. The van der Waals surface area contributed by atoms with Crippen LogP contribution in [-0.4, -0.2) is 29.3 Å². The van der Waals surface area contributed by atoms with Crippen LogP contribution in [-0.2, 0) is 4.79 Å². The van der Waals surface area contributed by atoms with E-state index in [2.05, 4.69) is 5.32 Å². The van der Waals surface area contributed by atoms with Crippen molar-refractivity contribution in [3.8, 4) is 0 Å². The van der Waals surface area contributed by atoms with Gasteiger partial charge in [-0.2, -0.15) is 13.2 Å². The van der Waals surface area contributed by atoms with Crippen molar-refractivity contribution in [3.63, 3.8) is 0 Å². The summed E-state index contributed by atoms with van der Waals surface area (Å²) in [6.45, 7) is 0.0592. The van der Waals surface area contributed by atoms with Crippen LogP contribution in [0.1, 0.15) is 32.1 Å². The van der Waals surface area contributed by atoms with Crippen LogP contribution in [0.3, 0.4) is 0 Å². The van der Waals surface area contributed by atoms with Gasteiger partial charge in [0.2, 0.25) is 5.91 Å². The summed E-state index contributed by atoms with van der Waals surface area (Å²) >= 11 is 0. The molecule has 0 bridgehead atoms. The maximum Gasteiger partial charge on any atom is 0.389 e. The fraction of sp³-hybridized carbons (Fsp3) is 0.889. The van der Waals surface area contributed by atoms with E-state index >= 15 is 0 Å². The molecule has 0 atom stereocenters. The number of alkyl halides is 3. The number of hydrogen-bond acceptors (Lipinski definition) is 2. The highest BCUT2D eigenvalue weighted by molar-refractivity contribution is 5.75. The summed E-state index contributed by atoms with van der Waals surface area (Å²) in [6, 6.07) is 0. The Labute approximate surface area is 85.7 Å². The Balaban J connectivity index is 2.14. The average molecular weight is 225 g/mol. The molecule has 0 heterocycles. The summed E-state index contributed by atoms with van der Waals surface area (Å²) < 4.78 is 35.2. The molecule has 1 saturated carbocycles. The predicted molar refractivity (Wildman–Crippen MR) is 47.1 cm³/mol. The molecule has 1 aliphatic carbocycles. The number of carbonyl (C=O) groups is 1. The van der Waals surface area contributed by atoms with Crippen LogP contribution in [0.25, 0.3) is 0 Å². The molecule has 2 N–H and O–H groups in total. The summed E-state index contributed by atoms with van der Waals surface area (Å²) in [5.41, 5.74) is -0.881. The highest BCUT2D eigenvalue weighted by atomic mass is 19.4. The van der Waals surface area contributed by atoms with Gasteiger partial charge in [-0.25, -0.2) is 0 Å². The van der Waals surface area contributed by atoms with Gasteiger partial charge in [-0.15, -0.1) is 0 Å². The maximum absolute atomic E-state index is 11.7. The fourth-order valence-corrected chi connectivity index (χ4v) is 1.37. The molecule has 0 unspecified atom stereocenters. The minimum absolute atomic E-state index is 0.0592. The van der Waals surface area contributed by atoms with Crippen molar-refractivity contribution in [2.45, 2.75) is 43.9 Å². The summed E-state index contributed by atoms with van der Waals surface area (Å²) in [4.78, 5) is 11.0. The summed E-state index contributed by atoms with van der Waals surface area (Å²) in [6.07, 6.45) is -3.88. The second-order valence-electron chi connectivity index (χ2n) is 3.97. The first-order valence-electron chi connectivity index (χ1n) is 4.87. The molecule has 3 nitrogen and oxygen atoms in total. The zero-order valence-electron chi connectivity index (χ0n) is 8.23. The molecular formula is C9H14F3NO2. The van der Waals surface area contributed by atoms with E-state index in [-0.39, 0.29) is 6.54 Å². The van der Waals surface area contributed by atoms with E-state index in [9.17, 15) is 23.1 Å². The lowest BCUT2D eigenvalue weighted by atomic mass is 9.80. The number of rotatable bonds is 4. The third kappa shape index (κ3) is 4.51. The van der Waals surface area contributed by atoms with E-state index in [0.717, 1.165) is 6.42 Å². The Bertz CT molecular complexity index is 236. The van der Waals surface area contributed by atoms with Crippen LogP contribution in [0.5, 0.6) is 0 Å². The Morgan fingerprint density at radius 3 is 2.40 bits per heavy atom. The Morgan fingerprint density at radius 1 is 1.40 bits per heavy atom. The number of halogens is 3. The molecule has 1 aliphatic rings. The third-order valence-electron chi connectivity index (χ3n) is 2.53. The van der Waals surface area contributed by atoms with Crippen molar-refractivity contribution >= 4 is 5.91 Å². The first-order valence-corrected chi connectivity index (χ1v) is 4.87. The van der Waals surface area contributed by atoms with Crippen molar-refractivity contribution in [3.05, 3.63) is 0 Å². The van der Waals surface area contributed by atoms with Crippen LogP contribution in [0.4, 0.5) is 13.2 Å². The highest BCUT2D eigenvalue weighted by Gasteiger charge is 2.35. The molecule has 0 aliphatic heterocycles. The van der Waals surface area contributed by atoms with Gasteiger partial charge in [0.25, 0.3) is 0 Å². The number of nitrogens with one attached hydrogen (secondary N) is 1. The van der Waals surface area contributed by atoms with Crippen molar-refractivity contribution < 1.29 is 23.1 Å². The molecule has 0 aromatic heterocycles. The first kappa shape index (κ1) is 12.3. The second-order valence-corrected chi connectivity index (χ2v) is 3.97. The predicted octanol–water partition coefficient (Wildman–Crippen LogP) is 1.36. The lowest BCUT2D eigenvalue weighted by Crippen LogP contribution is -2.47. The molecule has 88 valence electrons. The molecule has 15 heavy (non-hydrogen) atoms. The van der Waals surface area contributed by atoms with Crippen LogP contribution in [0.15, 0.2) is 0 Å². The van der Waals surface area contributed by atoms with E-state index in [1.165, 1.54) is 0 Å². The fourth-order valence-electron chi connectivity index (χ4n) is 1.37. The van der Waals surface area contributed by atoms with E-state index in [0.29, 0.717) is 12.8 Å². The topological polar surface area (TPSA) is 49.3 Å². The maximum atomic E-state index is 11.7. The third-order valence-corrected chi connectivity index (χ3v) is 2.53. The zero-order chi connectivity index (χ0) is 11.5. The lowest BCUT2D eigenvalue weighted by Gasteiger charge is -2.36. The van der Waals surface area contributed by atoms with Gasteiger partial charge >= 0.3 is 6.18 Å². The molecule has 1 fully saturated rings. The number of carbonyl (C=O) groups excluding carboxylic acids is 1. The smallest absolute Gasteiger partial charge is 0.388 e. The lowest BCUT2D eigenvalue weighted by molar-refractivity contribution is -0.144. The standard InChI is InChI=1S/C9H14F3NO2/c10-9(11,12)5-2-7(14)13-6-8(15)3-1-4-8/h15H,1-6H2,(H,13,14). The second kappa shape index (κ2) is 4.38. The van der Waals surface area contributed by atoms with E-state index in [4.69, 9.17) is 0 Å². The van der Waals surface area contributed by atoms with Gasteiger partial charge in [0.1, 0.15) is 0 Å². The van der Waals surface area contributed by atoms with Crippen LogP contribution < -0.4 is 5.32 Å². The summed E-state index contributed by atoms with van der Waals surface area (Å²) in [7, 11) is 0. The first-order chi connectivity index (χ1) is 6.81. The van der Waals surface area contributed by atoms with Crippen LogP contribution >= 0.6 is 0 Å². The Kier molecular flexibility index (Phi) is 3.59. The molecule has 6 heteroatoms. The SMILES string of the molecule is O=C(CCC(F)(F)F)NCC1(O)CCC1. The molecular weight excluding hydrogens is 211 g/mol. The molecule has 0 radical (unpaired) electrons. The van der Waals surface area contributed by atoms with Crippen molar-refractivity contribution in [2.24, 2.45) is 0 Å². The Morgan fingerprint density at radius 2 is 2.00 bits per heavy atom. The minimum atomic E-state index is -4.30. The Hall–Kier alpha value is -0.780. The molecule has 0 aromatic carbocycles. The zero-order valence-corrected chi connectivity index (χ0v) is 8.23. The molecule has 0 saturated heterocycles. The quantitative estimate of drug-likeness (QED) is 0.759. The van der Waals surface area contributed by atoms with Crippen molar-refractivity contribution in [1.82, 2.24) is 5.32 Å². The summed E-state index contributed by atoms with van der Waals surface area (Å²) in [5.74, 6) is -0.660. The number of aliphatic hydroxyl groups is 1. The minimum Gasteiger partial charge on any atom is -0.388 e. The van der Waals surface area contributed by atoms with Gasteiger partial charge < -0.3 is 10.4 Å². The van der Waals surface area contributed by atoms with Crippen molar-refractivity contribution in [2.75, 3.05) is 6.54 Å². The van der Waals surface area contributed by atoms with Gasteiger partial charge in [0, 0.05) is 13.0 Å². The van der Waals surface area contributed by atoms with E-state index < -0.39 is 30.5 Å². The van der Waals surface area contributed by atoms with Gasteiger partial charge in [0.15, 0.2) is 0 Å². The number of hydrogen-bond donors (Lipinski definition) is 2. The van der Waals surface area contributed by atoms with Crippen LogP contribution in [0, 0.1) is 0 Å². The molecule has 0 spiro atoms. The monoisotopic (exact) mass is 225 g/mol. The van der Waals surface area contributed by atoms with Crippen molar-refractivity contribution in [1.29, 1.82) is 0 Å². The molecule has 0 aromatic rings. The van der Waals surface area contributed by atoms with Gasteiger partial charge in [0.05, 0.1) is 12.0 Å². The van der Waals surface area contributed by atoms with E-state index in [1.54, 1.807) is 0 Å². The van der Waals surface area contributed by atoms with E-state index in [1.807, 2.05) is 0 Å². The van der Waals surface area contributed by atoms with Crippen LogP contribution in [0.2, 0.25) is 0 Å². The highest BCUT2D eigenvalue weighted by Crippen LogP contribution is 2.30. The molecule has 1 amide bonds. The summed E-state index contributed by atoms with van der Waals surface area (Å²) in [5, 5.41) is 11.9. The normalized spacial score (nSPS) is 19.5. The van der Waals surface area contributed by atoms with Gasteiger partial charge in [-0.1, -0.05) is 0 Å².